The van der Waals surface area contributed by atoms with Gasteiger partial charge in [-0.05, 0) is 86.8 Å². The molecular formula is C26H38N2O3. The lowest BCUT2D eigenvalue weighted by Crippen LogP contribution is -2.51. The number of esters is 1. The summed E-state index contributed by atoms with van der Waals surface area (Å²) in [6, 6.07) is 9.05. The molecule has 2 aliphatic carbocycles. The molecule has 1 heterocycles. The normalized spacial score (nSPS) is 28.9. The van der Waals surface area contributed by atoms with Gasteiger partial charge in [0.15, 0.2) is 0 Å². The van der Waals surface area contributed by atoms with E-state index in [0.717, 1.165) is 25.2 Å². The molecule has 5 heteroatoms. The van der Waals surface area contributed by atoms with E-state index in [9.17, 15) is 9.59 Å². The average molecular weight is 427 g/mol. The standard InChI is InChI=1S/C26H38N2O3/c1-18-23-16-21-8-4-5-9-22(21)26(18,14-7-15-28(23)17-20-11-12-20)13-6-10-24(29)27-19(2)25(30)31-3/h4-5,8-9,18-20,23H,6-7,10-17H2,1-3H3,(H,27,29)/t18-,19-,23+,26?/m0/s1. The lowest BCUT2D eigenvalue weighted by molar-refractivity contribution is -0.144. The van der Waals surface area contributed by atoms with Gasteiger partial charge in [-0.2, -0.15) is 0 Å². The second-order valence-corrected chi connectivity index (χ2v) is 10.1. The number of benzene rings is 1. The van der Waals surface area contributed by atoms with Crippen LogP contribution in [0.4, 0.5) is 0 Å². The van der Waals surface area contributed by atoms with Crippen molar-refractivity contribution in [3.63, 3.8) is 0 Å². The van der Waals surface area contributed by atoms with Crippen LogP contribution in [0, 0.1) is 11.8 Å². The fourth-order valence-corrected chi connectivity index (χ4v) is 6.23. The molecule has 1 unspecified atom stereocenters. The van der Waals surface area contributed by atoms with Gasteiger partial charge in [0.05, 0.1) is 7.11 Å². The highest BCUT2D eigenvalue weighted by atomic mass is 16.5. The van der Waals surface area contributed by atoms with Gasteiger partial charge in [-0.1, -0.05) is 31.2 Å². The van der Waals surface area contributed by atoms with Crippen molar-refractivity contribution >= 4 is 11.9 Å². The Balaban J connectivity index is 1.49. The molecule has 4 rings (SSSR count). The quantitative estimate of drug-likeness (QED) is 0.642. The van der Waals surface area contributed by atoms with Gasteiger partial charge in [0.25, 0.3) is 0 Å². The Morgan fingerprint density at radius 3 is 2.81 bits per heavy atom. The summed E-state index contributed by atoms with van der Waals surface area (Å²) in [5.74, 6) is 1.04. The molecule has 2 fully saturated rings. The topological polar surface area (TPSA) is 58.6 Å². The highest BCUT2D eigenvalue weighted by molar-refractivity contribution is 5.84. The molecule has 0 radical (unpaired) electrons. The van der Waals surface area contributed by atoms with Crippen LogP contribution in [0.25, 0.3) is 0 Å². The number of likely N-dealkylation sites (tertiary alicyclic amines) is 1. The van der Waals surface area contributed by atoms with Crippen LogP contribution in [-0.2, 0) is 26.2 Å². The number of nitrogens with one attached hydrogen (secondary N) is 1. The third-order valence-electron chi connectivity index (χ3n) is 8.12. The van der Waals surface area contributed by atoms with Gasteiger partial charge in [0.1, 0.15) is 6.04 Å². The lowest BCUT2D eigenvalue weighted by Gasteiger charge is -2.49. The second kappa shape index (κ2) is 9.32. The number of hydrogen-bond acceptors (Lipinski definition) is 4. The zero-order valence-electron chi connectivity index (χ0n) is 19.4. The summed E-state index contributed by atoms with van der Waals surface area (Å²) in [5, 5.41) is 2.78. The fourth-order valence-electron chi connectivity index (χ4n) is 6.23. The summed E-state index contributed by atoms with van der Waals surface area (Å²) < 4.78 is 4.72. The maximum absolute atomic E-state index is 12.4. The number of carbonyl (C=O) groups is 2. The smallest absolute Gasteiger partial charge is 0.328 e. The van der Waals surface area contributed by atoms with Crippen molar-refractivity contribution < 1.29 is 14.3 Å². The number of nitrogens with zero attached hydrogens (tertiary/aromatic N) is 1. The maximum atomic E-state index is 12.4. The second-order valence-electron chi connectivity index (χ2n) is 10.1. The van der Waals surface area contributed by atoms with Crippen LogP contribution in [0.5, 0.6) is 0 Å². The number of ether oxygens (including phenoxy) is 1. The molecule has 2 bridgehead atoms. The number of hydrogen-bond donors (Lipinski definition) is 1. The SMILES string of the molecule is COC(=O)[C@H](C)NC(=O)CCCC12CCCN(CC3CC3)[C@H](Cc3ccccc31)[C@@H]2C. The first-order valence-corrected chi connectivity index (χ1v) is 12.1. The molecular weight excluding hydrogens is 388 g/mol. The molecule has 1 aromatic rings. The van der Waals surface area contributed by atoms with Crippen LogP contribution in [-0.4, -0.2) is 49.1 Å². The predicted molar refractivity (Wildman–Crippen MR) is 122 cm³/mol. The first-order chi connectivity index (χ1) is 14.9. The Labute approximate surface area is 186 Å². The Kier molecular flexibility index (Phi) is 6.71. The van der Waals surface area contributed by atoms with Crippen molar-refractivity contribution in [2.45, 2.75) is 82.7 Å². The summed E-state index contributed by atoms with van der Waals surface area (Å²) >= 11 is 0. The van der Waals surface area contributed by atoms with E-state index in [1.54, 1.807) is 6.92 Å². The van der Waals surface area contributed by atoms with Gasteiger partial charge in [-0.25, -0.2) is 4.79 Å². The highest BCUT2D eigenvalue weighted by Gasteiger charge is 2.49. The van der Waals surface area contributed by atoms with Crippen molar-refractivity contribution in [2.24, 2.45) is 11.8 Å². The van der Waals surface area contributed by atoms with E-state index in [2.05, 4.69) is 41.4 Å². The molecule has 0 aromatic heterocycles. The minimum Gasteiger partial charge on any atom is -0.467 e. The number of carbonyl (C=O) groups excluding carboxylic acids is 2. The van der Waals surface area contributed by atoms with Gasteiger partial charge in [0.2, 0.25) is 5.91 Å². The third-order valence-corrected chi connectivity index (χ3v) is 8.12. The van der Waals surface area contributed by atoms with E-state index < -0.39 is 12.0 Å². The van der Waals surface area contributed by atoms with E-state index in [-0.39, 0.29) is 11.3 Å². The predicted octanol–water partition coefficient (Wildman–Crippen LogP) is 3.84. The van der Waals surface area contributed by atoms with Crippen molar-refractivity contribution in [3.8, 4) is 0 Å². The fraction of sp³-hybridized carbons (Fsp3) is 0.692. The Morgan fingerprint density at radius 1 is 1.29 bits per heavy atom. The molecule has 1 amide bonds. The molecule has 0 spiro atoms. The van der Waals surface area contributed by atoms with Crippen LogP contribution in [0.3, 0.4) is 0 Å². The van der Waals surface area contributed by atoms with Crippen LogP contribution >= 0.6 is 0 Å². The van der Waals surface area contributed by atoms with Crippen molar-refractivity contribution in [3.05, 3.63) is 35.4 Å². The molecule has 170 valence electrons. The molecule has 31 heavy (non-hydrogen) atoms. The van der Waals surface area contributed by atoms with Crippen LogP contribution in [0.2, 0.25) is 0 Å². The van der Waals surface area contributed by atoms with E-state index in [0.29, 0.717) is 18.4 Å². The molecule has 1 aliphatic heterocycles. The zero-order valence-corrected chi connectivity index (χ0v) is 19.4. The maximum Gasteiger partial charge on any atom is 0.328 e. The van der Waals surface area contributed by atoms with E-state index >= 15 is 0 Å². The van der Waals surface area contributed by atoms with Crippen molar-refractivity contribution in [1.29, 1.82) is 0 Å². The average Bonchev–Trinajstić information content (AvgIpc) is 3.58. The van der Waals surface area contributed by atoms with Gasteiger partial charge in [-0.3, -0.25) is 9.69 Å². The van der Waals surface area contributed by atoms with Gasteiger partial charge < -0.3 is 10.1 Å². The Morgan fingerprint density at radius 2 is 2.06 bits per heavy atom. The van der Waals surface area contributed by atoms with Crippen molar-refractivity contribution in [1.82, 2.24) is 10.2 Å². The minimum absolute atomic E-state index is 0.0634. The van der Waals surface area contributed by atoms with Gasteiger partial charge in [-0.15, -0.1) is 0 Å². The largest absolute Gasteiger partial charge is 0.467 e. The first-order valence-electron chi connectivity index (χ1n) is 12.1. The third kappa shape index (κ3) is 4.67. The molecule has 1 N–H and O–H groups in total. The van der Waals surface area contributed by atoms with E-state index in [1.165, 1.54) is 57.0 Å². The molecule has 3 aliphatic rings. The number of rotatable bonds is 8. The molecule has 1 saturated heterocycles. The minimum atomic E-state index is -0.594. The summed E-state index contributed by atoms with van der Waals surface area (Å²) in [6.45, 7) is 6.61. The number of fused-ring (bicyclic) bond motifs is 4. The summed E-state index contributed by atoms with van der Waals surface area (Å²) in [6.07, 6.45) is 8.71. The zero-order chi connectivity index (χ0) is 22.0. The lowest BCUT2D eigenvalue weighted by atomic mass is 9.58. The van der Waals surface area contributed by atoms with Gasteiger partial charge >= 0.3 is 5.97 Å². The van der Waals surface area contributed by atoms with E-state index in [1.807, 2.05) is 0 Å². The molecule has 5 nitrogen and oxygen atoms in total. The molecule has 1 aromatic carbocycles. The summed E-state index contributed by atoms with van der Waals surface area (Å²) in [7, 11) is 1.35. The molecule has 4 atom stereocenters. The van der Waals surface area contributed by atoms with Gasteiger partial charge in [0, 0.05) is 19.0 Å². The van der Waals surface area contributed by atoms with Crippen LogP contribution in [0.1, 0.15) is 69.9 Å². The summed E-state index contributed by atoms with van der Waals surface area (Å²) in [5.41, 5.74) is 3.18. The monoisotopic (exact) mass is 426 g/mol. The van der Waals surface area contributed by atoms with Crippen molar-refractivity contribution in [2.75, 3.05) is 20.2 Å². The number of methoxy groups -OCH3 is 1. The summed E-state index contributed by atoms with van der Waals surface area (Å²) in [4.78, 5) is 26.8. The Bertz CT molecular complexity index is 806. The first kappa shape index (κ1) is 22.3. The highest BCUT2D eigenvalue weighted by Crippen LogP contribution is 2.51. The van der Waals surface area contributed by atoms with Crippen LogP contribution in [0.15, 0.2) is 24.3 Å². The van der Waals surface area contributed by atoms with Crippen LogP contribution < -0.4 is 5.32 Å². The van der Waals surface area contributed by atoms with E-state index in [4.69, 9.17) is 4.74 Å². The number of amides is 1. The Hall–Kier alpha value is -1.88. The molecule has 1 saturated carbocycles.